The fourth-order valence-corrected chi connectivity index (χ4v) is 3.29. The summed E-state index contributed by atoms with van der Waals surface area (Å²) in [5.74, 6) is 1.22. The van der Waals surface area contributed by atoms with Gasteiger partial charge in [0, 0.05) is 25.4 Å². The van der Waals surface area contributed by atoms with Crippen LogP contribution in [0, 0.1) is 18.8 Å². The quantitative estimate of drug-likeness (QED) is 0.931. The van der Waals surface area contributed by atoms with Crippen molar-refractivity contribution in [3.8, 4) is 0 Å². The van der Waals surface area contributed by atoms with Crippen molar-refractivity contribution < 1.29 is 0 Å². The minimum atomic E-state index is -0.00977. The zero-order valence-corrected chi connectivity index (χ0v) is 13.3. The summed E-state index contributed by atoms with van der Waals surface area (Å²) in [5.41, 5.74) is 8.49. The second-order valence-corrected chi connectivity index (χ2v) is 6.47. The lowest BCUT2D eigenvalue weighted by Crippen LogP contribution is -2.42. The van der Waals surface area contributed by atoms with Crippen LogP contribution in [-0.4, -0.2) is 33.9 Å². The molecule has 2 atom stereocenters. The van der Waals surface area contributed by atoms with Crippen molar-refractivity contribution in [3.63, 3.8) is 0 Å². The number of piperidine rings is 1. The molecule has 5 nitrogen and oxygen atoms in total. The molecule has 2 aromatic heterocycles. The Morgan fingerprint density at radius 2 is 2.27 bits per heavy atom. The van der Waals surface area contributed by atoms with Crippen molar-refractivity contribution >= 4 is 5.65 Å². The lowest BCUT2D eigenvalue weighted by atomic mass is 9.87. The van der Waals surface area contributed by atoms with Crippen LogP contribution in [0.2, 0.25) is 0 Å². The first-order chi connectivity index (χ1) is 10.6. The Morgan fingerprint density at radius 1 is 1.45 bits per heavy atom. The highest BCUT2D eigenvalue weighted by molar-refractivity contribution is 5.46. The van der Waals surface area contributed by atoms with Crippen molar-refractivity contribution in [2.45, 2.75) is 26.8 Å². The SMILES string of the molecule is Cc1cccn2c(=O)cc(CN3CCC(C)C(CN)C3)nc12. The zero-order valence-electron chi connectivity index (χ0n) is 13.3. The van der Waals surface area contributed by atoms with E-state index in [-0.39, 0.29) is 5.56 Å². The molecule has 0 spiro atoms. The van der Waals surface area contributed by atoms with Gasteiger partial charge in [-0.05, 0) is 49.9 Å². The minimum absolute atomic E-state index is 0.00977. The number of hydrogen-bond acceptors (Lipinski definition) is 4. The Bertz CT molecular complexity index is 724. The van der Waals surface area contributed by atoms with Gasteiger partial charge in [0.05, 0.1) is 5.69 Å². The molecule has 2 N–H and O–H groups in total. The van der Waals surface area contributed by atoms with E-state index in [9.17, 15) is 4.79 Å². The van der Waals surface area contributed by atoms with E-state index < -0.39 is 0 Å². The van der Waals surface area contributed by atoms with Crippen LogP contribution in [0.4, 0.5) is 0 Å². The average Bonchev–Trinajstić information content (AvgIpc) is 2.50. The van der Waals surface area contributed by atoms with Gasteiger partial charge in [0.15, 0.2) is 0 Å². The van der Waals surface area contributed by atoms with Crippen LogP contribution >= 0.6 is 0 Å². The van der Waals surface area contributed by atoms with E-state index in [0.29, 0.717) is 11.8 Å². The van der Waals surface area contributed by atoms with Gasteiger partial charge in [0.1, 0.15) is 5.65 Å². The number of likely N-dealkylation sites (tertiary alicyclic amines) is 1. The average molecular weight is 300 g/mol. The minimum Gasteiger partial charge on any atom is -0.330 e. The third kappa shape index (κ3) is 2.91. The maximum Gasteiger partial charge on any atom is 0.258 e. The molecular formula is C17H24N4O. The smallest absolute Gasteiger partial charge is 0.258 e. The van der Waals surface area contributed by atoms with E-state index in [4.69, 9.17) is 5.73 Å². The summed E-state index contributed by atoms with van der Waals surface area (Å²) in [5, 5.41) is 0. The summed E-state index contributed by atoms with van der Waals surface area (Å²) in [6, 6.07) is 5.52. The Morgan fingerprint density at radius 3 is 3.05 bits per heavy atom. The topological polar surface area (TPSA) is 63.6 Å². The number of aromatic nitrogens is 2. The fourth-order valence-electron chi connectivity index (χ4n) is 3.29. The summed E-state index contributed by atoms with van der Waals surface area (Å²) in [6.45, 7) is 7.75. The van der Waals surface area contributed by atoms with Crippen molar-refractivity contribution in [2.75, 3.05) is 19.6 Å². The van der Waals surface area contributed by atoms with E-state index >= 15 is 0 Å². The summed E-state index contributed by atoms with van der Waals surface area (Å²) in [7, 11) is 0. The molecule has 0 saturated carbocycles. The number of fused-ring (bicyclic) bond motifs is 1. The molecule has 1 fully saturated rings. The Balaban J connectivity index is 1.85. The first kappa shape index (κ1) is 15.2. The van der Waals surface area contributed by atoms with Gasteiger partial charge >= 0.3 is 0 Å². The predicted octanol–water partition coefficient (Wildman–Crippen LogP) is 1.42. The molecule has 1 aliphatic heterocycles. The van der Waals surface area contributed by atoms with E-state index in [1.165, 1.54) is 0 Å². The Kier molecular flexibility index (Phi) is 4.27. The highest BCUT2D eigenvalue weighted by Crippen LogP contribution is 2.23. The molecule has 1 saturated heterocycles. The number of hydrogen-bond donors (Lipinski definition) is 1. The molecule has 22 heavy (non-hydrogen) atoms. The maximum absolute atomic E-state index is 12.3. The van der Waals surface area contributed by atoms with E-state index in [0.717, 1.165) is 49.5 Å². The first-order valence-electron chi connectivity index (χ1n) is 7.99. The zero-order chi connectivity index (χ0) is 15.7. The molecule has 0 radical (unpaired) electrons. The van der Waals surface area contributed by atoms with Crippen LogP contribution in [0.25, 0.3) is 5.65 Å². The Labute approximate surface area is 130 Å². The Hall–Kier alpha value is -1.72. The van der Waals surface area contributed by atoms with Crippen LogP contribution in [0.5, 0.6) is 0 Å². The summed E-state index contributed by atoms with van der Waals surface area (Å²) >= 11 is 0. The molecular weight excluding hydrogens is 276 g/mol. The predicted molar refractivity (Wildman–Crippen MR) is 87.8 cm³/mol. The molecule has 0 bridgehead atoms. The largest absolute Gasteiger partial charge is 0.330 e. The van der Waals surface area contributed by atoms with Crippen molar-refractivity contribution in [3.05, 3.63) is 46.0 Å². The molecule has 3 rings (SSSR count). The summed E-state index contributed by atoms with van der Waals surface area (Å²) in [4.78, 5) is 19.3. The highest BCUT2D eigenvalue weighted by atomic mass is 16.1. The number of aryl methyl sites for hydroxylation is 1. The van der Waals surface area contributed by atoms with Gasteiger partial charge in [-0.2, -0.15) is 0 Å². The molecule has 118 valence electrons. The number of pyridine rings is 1. The molecule has 3 heterocycles. The van der Waals surface area contributed by atoms with Gasteiger partial charge in [-0.25, -0.2) is 4.98 Å². The lowest BCUT2D eigenvalue weighted by molar-refractivity contribution is 0.125. The fraction of sp³-hybridized carbons (Fsp3) is 0.529. The summed E-state index contributed by atoms with van der Waals surface area (Å²) in [6.07, 6.45) is 2.93. The number of nitrogens with two attached hydrogens (primary N) is 1. The summed E-state index contributed by atoms with van der Waals surface area (Å²) < 4.78 is 1.61. The molecule has 5 heteroatoms. The normalized spacial score (nSPS) is 23.0. The van der Waals surface area contributed by atoms with Crippen molar-refractivity contribution in [1.82, 2.24) is 14.3 Å². The van der Waals surface area contributed by atoms with E-state index in [2.05, 4.69) is 16.8 Å². The molecule has 1 aliphatic rings. The second-order valence-electron chi connectivity index (χ2n) is 6.47. The monoisotopic (exact) mass is 300 g/mol. The van der Waals surface area contributed by atoms with Gasteiger partial charge in [0.2, 0.25) is 0 Å². The van der Waals surface area contributed by atoms with Crippen LogP contribution in [-0.2, 0) is 6.54 Å². The number of rotatable bonds is 3. The van der Waals surface area contributed by atoms with Crippen LogP contribution in [0.1, 0.15) is 24.6 Å². The molecule has 0 amide bonds. The standard InChI is InChI=1S/C17H24N4O/c1-12-5-7-20(10-14(12)9-18)11-15-8-16(22)21-6-3-4-13(2)17(21)19-15/h3-4,6,8,12,14H,5,7,9-11,18H2,1-2H3. The van der Waals surface area contributed by atoms with Crippen molar-refractivity contribution in [1.29, 1.82) is 0 Å². The van der Waals surface area contributed by atoms with Crippen LogP contribution < -0.4 is 11.3 Å². The molecule has 2 aromatic rings. The van der Waals surface area contributed by atoms with Gasteiger partial charge in [0.25, 0.3) is 5.56 Å². The third-order valence-corrected chi connectivity index (χ3v) is 4.83. The van der Waals surface area contributed by atoms with Crippen LogP contribution in [0.15, 0.2) is 29.2 Å². The van der Waals surface area contributed by atoms with Crippen LogP contribution in [0.3, 0.4) is 0 Å². The lowest BCUT2D eigenvalue weighted by Gasteiger charge is -2.36. The van der Waals surface area contributed by atoms with Gasteiger partial charge in [-0.15, -0.1) is 0 Å². The molecule has 2 unspecified atom stereocenters. The maximum atomic E-state index is 12.3. The van der Waals surface area contributed by atoms with Gasteiger partial charge < -0.3 is 5.73 Å². The first-order valence-corrected chi connectivity index (χ1v) is 7.99. The third-order valence-electron chi connectivity index (χ3n) is 4.83. The second kappa shape index (κ2) is 6.18. The molecule has 0 aromatic carbocycles. The molecule has 0 aliphatic carbocycles. The van der Waals surface area contributed by atoms with E-state index in [1.807, 2.05) is 19.1 Å². The van der Waals surface area contributed by atoms with Gasteiger partial charge in [-0.1, -0.05) is 13.0 Å². The highest BCUT2D eigenvalue weighted by Gasteiger charge is 2.25. The van der Waals surface area contributed by atoms with Gasteiger partial charge in [-0.3, -0.25) is 14.1 Å². The number of nitrogens with zero attached hydrogens (tertiary/aromatic N) is 3. The van der Waals surface area contributed by atoms with E-state index in [1.54, 1.807) is 16.7 Å². The van der Waals surface area contributed by atoms with Crippen molar-refractivity contribution in [2.24, 2.45) is 17.6 Å².